The fourth-order valence-electron chi connectivity index (χ4n) is 3.22. The van der Waals surface area contributed by atoms with Gasteiger partial charge in [-0.05, 0) is 31.5 Å². The Balaban J connectivity index is 1.89. The lowest BCUT2D eigenvalue weighted by Crippen LogP contribution is -2.23. The number of carbonyl (C=O) groups is 1. The molecule has 140 valence electrons. The summed E-state index contributed by atoms with van der Waals surface area (Å²) in [6.07, 6.45) is 0.616. The third kappa shape index (κ3) is 3.17. The first-order valence-electron chi connectivity index (χ1n) is 8.62. The van der Waals surface area contributed by atoms with Crippen LogP contribution in [0.3, 0.4) is 0 Å². The molecule has 1 fully saturated rings. The molecule has 0 spiro atoms. The second-order valence-corrected chi connectivity index (χ2v) is 8.60. The Hall–Kier alpha value is -2.19. The van der Waals surface area contributed by atoms with Gasteiger partial charge in [0.15, 0.2) is 5.16 Å². The van der Waals surface area contributed by atoms with E-state index in [1.54, 1.807) is 16.7 Å². The van der Waals surface area contributed by atoms with Gasteiger partial charge in [0.2, 0.25) is 0 Å². The first-order chi connectivity index (χ1) is 13.0. The van der Waals surface area contributed by atoms with E-state index in [0.717, 1.165) is 16.0 Å². The molecule has 3 heterocycles. The molecule has 8 heteroatoms. The molecule has 1 saturated heterocycles. The van der Waals surface area contributed by atoms with Crippen molar-refractivity contribution in [2.24, 2.45) is 0 Å². The highest BCUT2D eigenvalue weighted by atomic mass is 32.2. The van der Waals surface area contributed by atoms with Crippen molar-refractivity contribution in [1.82, 2.24) is 9.55 Å². The number of nitrogens with zero attached hydrogens (tertiary/aromatic N) is 2. The summed E-state index contributed by atoms with van der Waals surface area (Å²) in [5, 5.41) is 0.750. The first-order valence-corrected chi connectivity index (χ1v) is 10.3. The van der Waals surface area contributed by atoms with Crippen molar-refractivity contribution in [3.63, 3.8) is 0 Å². The summed E-state index contributed by atoms with van der Waals surface area (Å²) in [6.45, 7) is 4.66. The molecule has 0 aliphatic carbocycles. The van der Waals surface area contributed by atoms with Crippen LogP contribution in [0.1, 0.15) is 18.2 Å². The van der Waals surface area contributed by atoms with Gasteiger partial charge < -0.3 is 4.74 Å². The summed E-state index contributed by atoms with van der Waals surface area (Å²) in [7, 11) is 0. The molecule has 0 N–H and O–H groups in total. The van der Waals surface area contributed by atoms with Gasteiger partial charge in [-0.3, -0.25) is 14.2 Å². The summed E-state index contributed by atoms with van der Waals surface area (Å²) in [6, 6.07) is 6.13. The lowest BCUT2D eigenvalue weighted by molar-refractivity contribution is -0.137. The lowest BCUT2D eigenvalue weighted by Gasteiger charge is -2.12. The molecule has 27 heavy (non-hydrogen) atoms. The van der Waals surface area contributed by atoms with Crippen molar-refractivity contribution in [3.8, 4) is 11.1 Å². The average molecular weight is 404 g/mol. The van der Waals surface area contributed by atoms with E-state index in [4.69, 9.17) is 9.72 Å². The molecular formula is C19H17FN2O3S2. The Morgan fingerprint density at radius 3 is 2.70 bits per heavy atom. The van der Waals surface area contributed by atoms with Gasteiger partial charge in [-0.1, -0.05) is 23.9 Å². The normalized spacial score (nSPS) is 16.9. The topological polar surface area (TPSA) is 61.2 Å². The fraction of sp³-hybridized carbons (Fsp3) is 0.316. The number of hydrogen-bond donors (Lipinski definition) is 0. The van der Waals surface area contributed by atoms with Crippen molar-refractivity contribution in [2.75, 3.05) is 6.61 Å². The Bertz CT molecular complexity index is 1090. The number of hydrogen-bond acceptors (Lipinski definition) is 6. The molecule has 3 aromatic rings. The summed E-state index contributed by atoms with van der Waals surface area (Å²) in [5.41, 5.74) is 1.45. The molecule has 2 aromatic heterocycles. The van der Waals surface area contributed by atoms with E-state index in [-0.39, 0.29) is 22.6 Å². The van der Waals surface area contributed by atoms with Gasteiger partial charge in [-0.15, -0.1) is 11.3 Å². The number of rotatable bonds is 4. The number of benzene rings is 1. The SMILES string of the molecule is CCn1c(SC2CCOC2=O)nc2sc(C)c(-c3ccc(F)cc3)c2c1=O. The van der Waals surface area contributed by atoms with Gasteiger partial charge in [0.25, 0.3) is 5.56 Å². The quantitative estimate of drug-likeness (QED) is 0.486. The summed E-state index contributed by atoms with van der Waals surface area (Å²) >= 11 is 2.72. The minimum atomic E-state index is -0.329. The number of thiophene rings is 1. The van der Waals surface area contributed by atoms with Gasteiger partial charge in [0, 0.05) is 23.4 Å². The van der Waals surface area contributed by atoms with Crippen LogP contribution in [0, 0.1) is 12.7 Å². The van der Waals surface area contributed by atoms with E-state index >= 15 is 0 Å². The maximum absolute atomic E-state index is 13.3. The van der Waals surface area contributed by atoms with Crippen molar-refractivity contribution in [2.45, 2.75) is 37.2 Å². The number of carbonyl (C=O) groups excluding carboxylic acids is 1. The smallest absolute Gasteiger partial charge is 0.319 e. The number of fused-ring (bicyclic) bond motifs is 1. The molecule has 1 atom stereocenters. The molecule has 1 unspecified atom stereocenters. The molecule has 1 aromatic carbocycles. The Morgan fingerprint density at radius 1 is 1.33 bits per heavy atom. The zero-order valence-electron chi connectivity index (χ0n) is 14.8. The second kappa shape index (κ2) is 7.09. The Morgan fingerprint density at radius 2 is 2.07 bits per heavy atom. The maximum Gasteiger partial charge on any atom is 0.319 e. The number of thioether (sulfide) groups is 1. The zero-order valence-corrected chi connectivity index (χ0v) is 16.5. The van der Waals surface area contributed by atoms with E-state index in [1.807, 2.05) is 13.8 Å². The largest absolute Gasteiger partial charge is 0.465 e. The molecule has 0 amide bonds. The second-order valence-electron chi connectivity index (χ2n) is 6.23. The minimum Gasteiger partial charge on any atom is -0.465 e. The van der Waals surface area contributed by atoms with E-state index in [0.29, 0.717) is 34.9 Å². The molecule has 0 saturated carbocycles. The van der Waals surface area contributed by atoms with E-state index < -0.39 is 0 Å². The summed E-state index contributed by atoms with van der Waals surface area (Å²) in [4.78, 5) is 31.3. The lowest BCUT2D eigenvalue weighted by atomic mass is 10.0. The monoisotopic (exact) mass is 404 g/mol. The van der Waals surface area contributed by atoms with Crippen LogP contribution in [0.5, 0.6) is 0 Å². The highest BCUT2D eigenvalue weighted by Gasteiger charge is 2.30. The van der Waals surface area contributed by atoms with Crippen molar-refractivity contribution < 1.29 is 13.9 Å². The van der Waals surface area contributed by atoms with Gasteiger partial charge in [-0.25, -0.2) is 9.37 Å². The van der Waals surface area contributed by atoms with Gasteiger partial charge in [0.1, 0.15) is 15.9 Å². The highest BCUT2D eigenvalue weighted by Crippen LogP contribution is 2.37. The van der Waals surface area contributed by atoms with Gasteiger partial charge in [0.05, 0.1) is 12.0 Å². The molecular weight excluding hydrogens is 387 g/mol. The van der Waals surface area contributed by atoms with Crippen LogP contribution in [0.15, 0.2) is 34.2 Å². The van der Waals surface area contributed by atoms with Crippen molar-refractivity contribution in [1.29, 1.82) is 0 Å². The predicted octanol–water partition coefficient (Wildman–Crippen LogP) is 4.00. The first kappa shape index (κ1) is 18.2. The van der Waals surface area contributed by atoms with E-state index in [1.165, 1.54) is 35.2 Å². The fourth-order valence-corrected chi connectivity index (χ4v) is 5.43. The molecule has 5 nitrogen and oxygen atoms in total. The molecule has 1 aliphatic heterocycles. The number of ether oxygens (including phenoxy) is 1. The predicted molar refractivity (Wildman–Crippen MR) is 105 cm³/mol. The van der Waals surface area contributed by atoms with Crippen LogP contribution in [-0.4, -0.2) is 27.4 Å². The van der Waals surface area contributed by atoms with Crippen LogP contribution >= 0.6 is 23.1 Å². The zero-order chi connectivity index (χ0) is 19.1. The van der Waals surface area contributed by atoms with E-state index in [2.05, 4.69) is 0 Å². The molecule has 4 rings (SSSR count). The average Bonchev–Trinajstić information content (AvgIpc) is 3.19. The Kier molecular flexibility index (Phi) is 4.77. The number of aryl methyl sites for hydroxylation is 1. The van der Waals surface area contributed by atoms with Crippen LogP contribution in [0.25, 0.3) is 21.3 Å². The van der Waals surface area contributed by atoms with Crippen LogP contribution < -0.4 is 5.56 Å². The van der Waals surface area contributed by atoms with Crippen LogP contribution in [0.2, 0.25) is 0 Å². The summed E-state index contributed by atoms with van der Waals surface area (Å²) in [5.74, 6) is -0.575. The van der Waals surface area contributed by atoms with E-state index in [9.17, 15) is 14.0 Å². The Labute approximate surface area is 163 Å². The number of halogens is 1. The third-order valence-electron chi connectivity index (χ3n) is 4.54. The van der Waals surface area contributed by atoms with Crippen molar-refractivity contribution >= 4 is 39.3 Å². The van der Waals surface area contributed by atoms with Gasteiger partial charge >= 0.3 is 5.97 Å². The molecule has 0 bridgehead atoms. The minimum absolute atomic E-state index is 0.139. The molecule has 1 aliphatic rings. The number of esters is 1. The molecule has 0 radical (unpaired) electrons. The standard InChI is InChI=1S/C19H17FN2O3S2/c1-3-22-17(23)15-14(11-4-6-12(20)7-5-11)10(2)26-16(15)21-19(22)27-13-8-9-25-18(13)24/h4-7,13H,3,8-9H2,1-2H3. The summed E-state index contributed by atoms with van der Waals surface area (Å²) < 4.78 is 19.9. The van der Waals surface area contributed by atoms with Crippen LogP contribution in [-0.2, 0) is 16.1 Å². The van der Waals surface area contributed by atoms with Crippen LogP contribution in [0.4, 0.5) is 4.39 Å². The maximum atomic E-state index is 13.3. The number of aromatic nitrogens is 2. The van der Waals surface area contributed by atoms with Gasteiger partial charge in [-0.2, -0.15) is 0 Å². The van der Waals surface area contributed by atoms with Crippen molar-refractivity contribution in [3.05, 3.63) is 45.3 Å². The third-order valence-corrected chi connectivity index (χ3v) is 6.77. The highest BCUT2D eigenvalue weighted by molar-refractivity contribution is 8.00. The number of cyclic esters (lactones) is 1.